The Morgan fingerprint density at radius 2 is 0.946 bits per heavy atom. The zero-order valence-corrected chi connectivity index (χ0v) is 31.2. The van der Waals surface area contributed by atoms with Crippen LogP contribution in [0.1, 0.15) is 5.56 Å². The second-order valence-corrected chi connectivity index (χ2v) is 13.0. The van der Waals surface area contributed by atoms with Gasteiger partial charge in [0.2, 0.25) is 0 Å². The molecule has 0 fully saturated rings. The summed E-state index contributed by atoms with van der Waals surface area (Å²) in [7, 11) is 1.66. The van der Waals surface area contributed by atoms with Crippen molar-refractivity contribution in [2.75, 3.05) is 59.8 Å². The van der Waals surface area contributed by atoms with Crippen LogP contribution in [0.15, 0.2) is 152 Å². The van der Waals surface area contributed by atoms with E-state index in [2.05, 4.69) is 17.0 Å². The molecule has 0 aliphatic carbocycles. The molecule has 0 spiro atoms. The van der Waals surface area contributed by atoms with Gasteiger partial charge in [-0.1, -0.05) is 36.4 Å². The summed E-state index contributed by atoms with van der Waals surface area (Å²) in [5, 5.41) is 1.12. The number of hydrogen-bond acceptors (Lipinski definition) is 10. The van der Waals surface area contributed by atoms with Crippen LogP contribution in [-0.4, -0.2) is 64.7 Å². The maximum Gasteiger partial charge on any atom is 0.193 e. The van der Waals surface area contributed by atoms with Gasteiger partial charge in [-0.05, 0) is 90.5 Å². The third kappa shape index (κ3) is 10.1. The summed E-state index contributed by atoms with van der Waals surface area (Å²) in [4.78, 5) is 27.3. The SMILES string of the molecule is COc1ccc(CN(CCOCCOc2ccc(-c3cc(=O)c4ccccc4o3)cc2)CCOCCOc2ccc(-c3cc(=O)c4ccccc4o3)cc2)cc1. The fourth-order valence-corrected chi connectivity index (χ4v) is 6.21. The van der Waals surface area contributed by atoms with E-state index in [0.29, 0.717) is 97.7 Å². The second-order valence-electron chi connectivity index (χ2n) is 13.0. The lowest BCUT2D eigenvalue weighted by Gasteiger charge is -2.22. The van der Waals surface area contributed by atoms with Gasteiger partial charge in [-0.3, -0.25) is 14.5 Å². The summed E-state index contributed by atoms with van der Waals surface area (Å²) in [6.07, 6.45) is 0. The highest BCUT2D eigenvalue weighted by molar-refractivity contribution is 5.79. The second kappa shape index (κ2) is 18.9. The summed E-state index contributed by atoms with van der Waals surface area (Å²) in [6.45, 7) is 4.87. The Bertz CT molecular complexity index is 2290. The number of hydrogen-bond donors (Lipinski definition) is 0. The predicted octanol–water partition coefficient (Wildman–Crippen LogP) is 8.24. The third-order valence-electron chi connectivity index (χ3n) is 9.21. The van der Waals surface area contributed by atoms with Crippen LogP contribution in [0.2, 0.25) is 0 Å². The Hall–Kier alpha value is -6.20. The summed E-state index contributed by atoms with van der Waals surface area (Å²) >= 11 is 0. The van der Waals surface area contributed by atoms with Crippen LogP contribution in [0, 0.1) is 0 Å². The van der Waals surface area contributed by atoms with Gasteiger partial charge in [0.25, 0.3) is 0 Å². The number of methoxy groups -OCH3 is 1. The van der Waals surface area contributed by atoms with Crippen LogP contribution in [0.4, 0.5) is 0 Å². The standard InChI is InChI=1S/C46H43NO9/c1-50-36-16-10-33(11-17-36)32-47(22-24-51-26-28-53-37-18-12-34(13-19-37)45-30-41(48)39-6-2-4-8-43(39)55-45)23-25-52-27-29-54-38-20-14-35(15-21-38)46-31-42(49)40-7-3-5-9-44(40)56-46/h2-21,30-31H,22-29,32H2,1H3. The summed E-state index contributed by atoms with van der Waals surface area (Å²) in [5.41, 5.74) is 3.73. The van der Waals surface area contributed by atoms with Crippen molar-refractivity contribution < 1.29 is 32.5 Å². The molecular weight excluding hydrogens is 711 g/mol. The van der Waals surface area contributed by atoms with Crippen molar-refractivity contribution in [1.82, 2.24) is 4.90 Å². The summed E-state index contributed by atoms with van der Waals surface area (Å²) in [5.74, 6) is 3.25. The van der Waals surface area contributed by atoms with E-state index in [1.807, 2.05) is 84.9 Å². The van der Waals surface area contributed by atoms with E-state index in [1.54, 1.807) is 31.4 Å². The molecular formula is C46H43NO9. The Kier molecular flexibility index (Phi) is 12.9. The van der Waals surface area contributed by atoms with Gasteiger partial charge in [-0.15, -0.1) is 0 Å². The lowest BCUT2D eigenvalue weighted by molar-refractivity contribution is 0.0534. The number of rotatable bonds is 19. The average molecular weight is 754 g/mol. The molecule has 7 rings (SSSR count). The molecule has 0 N–H and O–H groups in total. The van der Waals surface area contributed by atoms with E-state index in [0.717, 1.165) is 29.0 Å². The monoisotopic (exact) mass is 753 g/mol. The van der Waals surface area contributed by atoms with E-state index in [1.165, 1.54) is 12.1 Å². The number of fused-ring (bicyclic) bond motifs is 2. The lowest BCUT2D eigenvalue weighted by atomic mass is 10.1. The van der Waals surface area contributed by atoms with Crippen LogP contribution < -0.4 is 25.1 Å². The van der Waals surface area contributed by atoms with Crippen molar-refractivity contribution in [2.24, 2.45) is 0 Å². The smallest absolute Gasteiger partial charge is 0.193 e. The quantitative estimate of drug-likeness (QED) is 0.0750. The van der Waals surface area contributed by atoms with E-state index < -0.39 is 0 Å². The first-order chi connectivity index (χ1) is 27.5. The molecule has 2 aromatic heterocycles. The van der Waals surface area contributed by atoms with Crippen molar-refractivity contribution in [1.29, 1.82) is 0 Å². The molecule has 10 heteroatoms. The molecule has 0 aliphatic rings. The molecule has 0 unspecified atom stereocenters. The van der Waals surface area contributed by atoms with Crippen molar-refractivity contribution in [3.63, 3.8) is 0 Å². The van der Waals surface area contributed by atoms with Gasteiger partial charge in [0.15, 0.2) is 10.9 Å². The summed E-state index contributed by atoms with van der Waals surface area (Å²) < 4.78 is 40.9. The first kappa shape index (κ1) is 38.1. The molecule has 286 valence electrons. The minimum Gasteiger partial charge on any atom is -0.497 e. The van der Waals surface area contributed by atoms with E-state index in [9.17, 15) is 9.59 Å². The molecule has 0 amide bonds. The molecule has 0 saturated carbocycles. The zero-order chi connectivity index (χ0) is 38.5. The molecule has 5 aromatic carbocycles. The third-order valence-corrected chi connectivity index (χ3v) is 9.21. The van der Waals surface area contributed by atoms with Crippen molar-refractivity contribution >= 4 is 21.9 Å². The Morgan fingerprint density at radius 3 is 1.41 bits per heavy atom. The molecule has 0 atom stereocenters. The fraction of sp³-hybridized carbons (Fsp3) is 0.217. The maximum atomic E-state index is 12.5. The number of para-hydroxylation sites is 2. The molecule has 7 aromatic rings. The molecule has 0 saturated heterocycles. The van der Waals surface area contributed by atoms with E-state index in [4.69, 9.17) is 32.5 Å². The topological polar surface area (TPSA) is 110 Å². The predicted molar refractivity (Wildman–Crippen MR) is 217 cm³/mol. The van der Waals surface area contributed by atoms with Crippen LogP contribution in [-0.2, 0) is 16.0 Å². The zero-order valence-electron chi connectivity index (χ0n) is 31.2. The van der Waals surface area contributed by atoms with Gasteiger partial charge in [0.1, 0.15) is 53.1 Å². The Morgan fingerprint density at radius 1 is 0.500 bits per heavy atom. The molecule has 2 heterocycles. The van der Waals surface area contributed by atoms with Gasteiger partial charge in [-0.25, -0.2) is 0 Å². The molecule has 56 heavy (non-hydrogen) atoms. The summed E-state index contributed by atoms with van der Waals surface area (Å²) in [6, 6.07) is 40.5. The first-order valence-corrected chi connectivity index (χ1v) is 18.6. The molecule has 0 aliphatic heterocycles. The Balaban J connectivity index is 0.830. The molecule has 0 bridgehead atoms. The highest BCUT2D eigenvalue weighted by Gasteiger charge is 2.10. The van der Waals surface area contributed by atoms with Crippen molar-refractivity contribution in [3.05, 3.63) is 159 Å². The average Bonchev–Trinajstić information content (AvgIpc) is 3.24. The number of ether oxygens (including phenoxy) is 5. The van der Waals surface area contributed by atoms with Crippen LogP contribution in [0.5, 0.6) is 17.2 Å². The molecule has 10 nitrogen and oxygen atoms in total. The van der Waals surface area contributed by atoms with Crippen LogP contribution in [0.3, 0.4) is 0 Å². The Labute approximate surface area is 324 Å². The highest BCUT2D eigenvalue weighted by Crippen LogP contribution is 2.26. The minimum absolute atomic E-state index is 0.0732. The first-order valence-electron chi connectivity index (χ1n) is 18.6. The lowest BCUT2D eigenvalue weighted by Crippen LogP contribution is -2.31. The minimum atomic E-state index is -0.0732. The van der Waals surface area contributed by atoms with Gasteiger partial charge >= 0.3 is 0 Å². The van der Waals surface area contributed by atoms with E-state index in [-0.39, 0.29) is 10.9 Å². The van der Waals surface area contributed by atoms with E-state index >= 15 is 0 Å². The van der Waals surface area contributed by atoms with Crippen LogP contribution in [0.25, 0.3) is 44.6 Å². The molecule has 0 radical (unpaired) electrons. The van der Waals surface area contributed by atoms with Crippen LogP contribution >= 0.6 is 0 Å². The number of benzene rings is 5. The van der Waals surface area contributed by atoms with Gasteiger partial charge in [0.05, 0.1) is 44.3 Å². The number of nitrogens with zero attached hydrogens (tertiary/aromatic N) is 1. The highest BCUT2D eigenvalue weighted by atomic mass is 16.5. The van der Waals surface area contributed by atoms with Gasteiger partial charge < -0.3 is 32.5 Å². The largest absolute Gasteiger partial charge is 0.497 e. The van der Waals surface area contributed by atoms with Crippen molar-refractivity contribution in [3.8, 4) is 39.9 Å². The fourth-order valence-electron chi connectivity index (χ4n) is 6.21. The van der Waals surface area contributed by atoms with Gasteiger partial charge in [0, 0.05) is 42.9 Å². The van der Waals surface area contributed by atoms with Crippen molar-refractivity contribution in [2.45, 2.75) is 6.54 Å². The normalized spacial score (nSPS) is 11.3. The van der Waals surface area contributed by atoms with Gasteiger partial charge in [-0.2, -0.15) is 0 Å². The maximum absolute atomic E-state index is 12.5.